The number of hydrogen-bond donors (Lipinski definition) is 2. The van der Waals surface area contributed by atoms with Crippen LogP contribution in [0.3, 0.4) is 0 Å². The predicted molar refractivity (Wildman–Crippen MR) is 116 cm³/mol. The molecule has 0 saturated carbocycles. The third kappa shape index (κ3) is 4.91. The van der Waals surface area contributed by atoms with E-state index in [4.69, 9.17) is 9.47 Å². The number of rotatable bonds is 7. The van der Waals surface area contributed by atoms with Crippen molar-refractivity contribution in [1.82, 2.24) is 0 Å². The van der Waals surface area contributed by atoms with Gasteiger partial charge in [0.1, 0.15) is 24.9 Å². The van der Waals surface area contributed by atoms with E-state index in [1.165, 1.54) is 0 Å². The third-order valence-corrected chi connectivity index (χ3v) is 4.84. The number of hydrogen-bond acceptors (Lipinski definition) is 6. The van der Waals surface area contributed by atoms with Gasteiger partial charge in [0.15, 0.2) is 11.5 Å². The Balaban J connectivity index is 1.78. The second-order valence-corrected chi connectivity index (χ2v) is 6.83. The monoisotopic (exact) mass is 407 g/mol. The first-order chi connectivity index (χ1) is 14.5. The average molecular weight is 407 g/mol. The Hall–Kier alpha value is -3.50. The van der Waals surface area contributed by atoms with Gasteiger partial charge in [-0.15, -0.1) is 0 Å². The highest BCUT2D eigenvalue weighted by molar-refractivity contribution is 6.09. The third-order valence-electron chi connectivity index (χ3n) is 4.84. The average Bonchev–Trinajstić information content (AvgIpc) is 2.76. The van der Waals surface area contributed by atoms with Crippen molar-refractivity contribution in [2.75, 3.05) is 43.1 Å². The molecule has 0 spiro atoms. The highest BCUT2D eigenvalue weighted by Gasteiger charge is 2.15. The van der Waals surface area contributed by atoms with E-state index in [1.54, 1.807) is 24.3 Å². The van der Waals surface area contributed by atoms with Crippen molar-refractivity contribution in [2.45, 2.75) is 13.8 Å². The minimum absolute atomic E-state index is 0.00319. The summed E-state index contributed by atoms with van der Waals surface area (Å²) in [7, 11) is 0. The standard InChI is InChI=1S/C23H25N3O4/c1-3-26(8-9-27)20-6-4-17(16(2)12-20)13-18(15-24)23(28)25-19-5-7-21-22(14-19)30-11-10-29-21/h4-7,12-14,27H,3,8-11H2,1-2H3,(H,25,28)/b18-13+. The van der Waals surface area contributed by atoms with Gasteiger partial charge < -0.3 is 24.8 Å². The lowest BCUT2D eigenvalue weighted by Gasteiger charge is -2.22. The molecule has 0 unspecified atom stereocenters. The first kappa shape index (κ1) is 21.2. The van der Waals surface area contributed by atoms with Gasteiger partial charge in [0.25, 0.3) is 5.91 Å². The largest absolute Gasteiger partial charge is 0.486 e. The molecule has 2 N–H and O–H groups in total. The molecular weight excluding hydrogens is 382 g/mol. The highest BCUT2D eigenvalue weighted by Crippen LogP contribution is 2.32. The number of carbonyl (C=O) groups excluding carboxylic acids is 1. The maximum absolute atomic E-state index is 12.6. The van der Waals surface area contributed by atoms with Gasteiger partial charge in [-0.25, -0.2) is 0 Å². The van der Waals surface area contributed by atoms with Gasteiger partial charge in [0.2, 0.25) is 0 Å². The van der Waals surface area contributed by atoms with Crippen LogP contribution in [0, 0.1) is 18.3 Å². The SMILES string of the molecule is CCN(CCO)c1ccc(/C=C(\C#N)C(=O)Nc2ccc3c(c2)OCCO3)c(C)c1. The molecule has 1 aliphatic heterocycles. The molecule has 2 aromatic rings. The minimum atomic E-state index is -0.492. The van der Waals surface area contributed by atoms with Crippen molar-refractivity contribution in [3.8, 4) is 17.6 Å². The fourth-order valence-electron chi connectivity index (χ4n) is 3.23. The van der Waals surface area contributed by atoms with Crippen LogP contribution in [0.1, 0.15) is 18.1 Å². The molecule has 7 nitrogen and oxygen atoms in total. The number of anilines is 2. The molecule has 156 valence electrons. The first-order valence-corrected chi connectivity index (χ1v) is 9.85. The molecular formula is C23H25N3O4. The number of amides is 1. The number of nitriles is 1. The first-order valence-electron chi connectivity index (χ1n) is 9.85. The van der Waals surface area contributed by atoms with E-state index in [0.29, 0.717) is 36.9 Å². The van der Waals surface area contributed by atoms with Crippen LogP contribution in [-0.4, -0.2) is 43.9 Å². The second-order valence-electron chi connectivity index (χ2n) is 6.83. The van der Waals surface area contributed by atoms with E-state index < -0.39 is 5.91 Å². The maximum atomic E-state index is 12.6. The summed E-state index contributed by atoms with van der Waals surface area (Å²) in [6, 6.07) is 12.9. The second kappa shape index (κ2) is 9.81. The zero-order valence-corrected chi connectivity index (χ0v) is 17.1. The van der Waals surface area contributed by atoms with Gasteiger partial charge in [0.05, 0.1) is 6.61 Å². The van der Waals surface area contributed by atoms with E-state index in [0.717, 1.165) is 23.4 Å². The molecule has 30 heavy (non-hydrogen) atoms. The van der Waals surface area contributed by atoms with Crippen molar-refractivity contribution in [1.29, 1.82) is 5.26 Å². The summed E-state index contributed by atoms with van der Waals surface area (Å²) in [4.78, 5) is 14.7. The molecule has 1 amide bonds. The molecule has 0 atom stereocenters. The number of nitrogens with one attached hydrogen (secondary N) is 1. The predicted octanol–water partition coefficient (Wildman–Crippen LogP) is 3.13. The van der Waals surface area contributed by atoms with Crippen LogP contribution in [0.15, 0.2) is 42.0 Å². The van der Waals surface area contributed by atoms with Gasteiger partial charge in [-0.05, 0) is 55.3 Å². The summed E-state index contributed by atoms with van der Waals surface area (Å²) in [5.41, 5.74) is 3.24. The lowest BCUT2D eigenvalue weighted by atomic mass is 10.0. The summed E-state index contributed by atoms with van der Waals surface area (Å²) in [5, 5.41) is 21.5. The van der Waals surface area contributed by atoms with Crippen LogP contribution in [0.2, 0.25) is 0 Å². The van der Waals surface area contributed by atoms with Crippen LogP contribution in [-0.2, 0) is 4.79 Å². The number of aliphatic hydroxyl groups is 1. The maximum Gasteiger partial charge on any atom is 0.266 e. The summed E-state index contributed by atoms with van der Waals surface area (Å²) in [6.07, 6.45) is 1.58. The van der Waals surface area contributed by atoms with Crippen LogP contribution < -0.4 is 19.7 Å². The lowest BCUT2D eigenvalue weighted by Crippen LogP contribution is -2.26. The van der Waals surface area contributed by atoms with Gasteiger partial charge in [0, 0.05) is 30.5 Å². The Morgan fingerprint density at radius 3 is 2.67 bits per heavy atom. The zero-order chi connectivity index (χ0) is 21.5. The molecule has 2 aromatic carbocycles. The van der Waals surface area contributed by atoms with Gasteiger partial charge in [-0.2, -0.15) is 5.26 Å². The molecule has 0 aromatic heterocycles. The topological polar surface area (TPSA) is 94.8 Å². The van der Waals surface area contributed by atoms with Gasteiger partial charge >= 0.3 is 0 Å². The van der Waals surface area contributed by atoms with Crippen molar-refractivity contribution >= 4 is 23.4 Å². The molecule has 0 aliphatic carbocycles. The molecule has 0 bridgehead atoms. The number of carbonyl (C=O) groups is 1. The lowest BCUT2D eigenvalue weighted by molar-refractivity contribution is -0.112. The molecule has 0 saturated heterocycles. The number of benzene rings is 2. The number of aryl methyl sites for hydroxylation is 1. The van der Waals surface area contributed by atoms with Crippen LogP contribution in [0.5, 0.6) is 11.5 Å². The number of ether oxygens (including phenoxy) is 2. The van der Waals surface area contributed by atoms with Crippen molar-refractivity contribution in [3.05, 3.63) is 53.1 Å². The summed E-state index contributed by atoms with van der Waals surface area (Å²) < 4.78 is 11.0. The Morgan fingerprint density at radius 1 is 1.23 bits per heavy atom. The van der Waals surface area contributed by atoms with E-state index in [9.17, 15) is 15.2 Å². The van der Waals surface area contributed by atoms with Crippen molar-refractivity contribution in [2.24, 2.45) is 0 Å². The molecule has 0 radical (unpaired) electrons. The number of fused-ring (bicyclic) bond motifs is 1. The fourth-order valence-corrected chi connectivity index (χ4v) is 3.23. The van der Waals surface area contributed by atoms with Gasteiger partial charge in [-0.1, -0.05) is 6.07 Å². The van der Waals surface area contributed by atoms with E-state index in [2.05, 4.69) is 10.2 Å². The Bertz CT molecular complexity index is 994. The number of aliphatic hydroxyl groups excluding tert-OH is 1. The molecule has 0 fully saturated rings. The van der Waals surface area contributed by atoms with Crippen LogP contribution in [0.25, 0.3) is 6.08 Å². The zero-order valence-electron chi connectivity index (χ0n) is 17.1. The van der Waals surface area contributed by atoms with Crippen molar-refractivity contribution in [3.63, 3.8) is 0 Å². The minimum Gasteiger partial charge on any atom is -0.486 e. The molecule has 3 rings (SSSR count). The molecule has 1 heterocycles. The number of nitrogens with zero attached hydrogens (tertiary/aromatic N) is 2. The van der Waals surface area contributed by atoms with Crippen molar-refractivity contribution < 1.29 is 19.4 Å². The highest BCUT2D eigenvalue weighted by atomic mass is 16.6. The smallest absolute Gasteiger partial charge is 0.266 e. The molecule has 7 heteroatoms. The summed E-state index contributed by atoms with van der Waals surface area (Å²) >= 11 is 0. The Labute approximate surface area is 176 Å². The quantitative estimate of drug-likeness (QED) is 0.541. The molecule has 1 aliphatic rings. The van der Waals surface area contributed by atoms with Gasteiger partial charge in [-0.3, -0.25) is 4.79 Å². The van der Waals surface area contributed by atoms with E-state index in [-0.39, 0.29) is 12.2 Å². The fraction of sp³-hybridized carbons (Fsp3) is 0.304. The Morgan fingerprint density at radius 2 is 2.00 bits per heavy atom. The van der Waals surface area contributed by atoms with E-state index in [1.807, 2.05) is 38.1 Å². The van der Waals surface area contributed by atoms with Crippen LogP contribution in [0.4, 0.5) is 11.4 Å². The summed E-state index contributed by atoms with van der Waals surface area (Å²) in [6.45, 7) is 6.30. The van der Waals surface area contributed by atoms with E-state index >= 15 is 0 Å². The number of likely N-dealkylation sites (N-methyl/N-ethyl adjacent to an activating group) is 1. The normalized spacial score (nSPS) is 12.8. The Kier molecular flexibility index (Phi) is 6.94. The van der Waals surface area contributed by atoms with Crippen LogP contribution >= 0.6 is 0 Å². The summed E-state index contributed by atoms with van der Waals surface area (Å²) in [5.74, 6) is 0.706.